The molecular formula is C18H15N3O3. The van der Waals surface area contributed by atoms with E-state index in [0.717, 1.165) is 5.56 Å². The third-order valence-corrected chi connectivity index (χ3v) is 3.24. The fraction of sp³-hybridized carbons (Fsp3) is 0.0556. The fourth-order valence-corrected chi connectivity index (χ4v) is 1.98. The number of benzene rings is 2. The van der Waals surface area contributed by atoms with Gasteiger partial charge in [-0.3, -0.25) is 4.79 Å². The summed E-state index contributed by atoms with van der Waals surface area (Å²) in [6.07, 6.45) is 2.81. The van der Waals surface area contributed by atoms with Gasteiger partial charge in [0.15, 0.2) is 0 Å². The maximum atomic E-state index is 12.2. The van der Waals surface area contributed by atoms with E-state index in [0.29, 0.717) is 17.0 Å². The first-order valence-electron chi connectivity index (χ1n) is 7.31. The molecule has 2 N–H and O–H groups in total. The first-order valence-corrected chi connectivity index (χ1v) is 7.31. The number of nitrogens with one attached hydrogen (secondary N) is 1. The van der Waals surface area contributed by atoms with Gasteiger partial charge in [0.25, 0.3) is 5.91 Å². The van der Waals surface area contributed by atoms with Gasteiger partial charge in [-0.2, -0.15) is 0 Å². The molecule has 0 bridgehead atoms. The molecule has 0 spiro atoms. The van der Waals surface area contributed by atoms with Crippen molar-refractivity contribution >= 4 is 11.6 Å². The van der Waals surface area contributed by atoms with E-state index in [1.165, 1.54) is 12.4 Å². The highest BCUT2D eigenvalue weighted by Gasteiger charge is 2.08. The van der Waals surface area contributed by atoms with Crippen LogP contribution in [0.4, 0.5) is 5.69 Å². The van der Waals surface area contributed by atoms with Crippen molar-refractivity contribution < 1.29 is 14.6 Å². The maximum Gasteiger partial charge on any atom is 0.321 e. The lowest BCUT2D eigenvalue weighted by atomic mass is 10.2. The summed E-state index contributed by atoms with van der Waals surface area (Å²) >= 11 is 0. The first kappa shape index (κ1) is 15.6. The second kappa shape index (κ2) is 7.34. The van der Waals surface area contributed by atoms with Gasteiger partial charge in [0.05, 0.1) is 12.2 Å². The first-order chi connectivity index (χ1) is 11.7. The summed E-state index contributed by atoms with van der Waals surface area (Å²) in [5, 5.41) is 11.7. The molecule has 0 fully saturated rings. The molecule has 1 aromatic heterocycles. The van der Waals surface area contributed by atoms with E-state index in [1.54, 1.807) is 36.4 Å². The number of nitrogens with zero attached hydrogens (tertiary/aromatic N) is 2. The van der Waals surface area contributed by atoms with Crippen LogP contribution in [0.1, 0.15) is 15.9 Å². The zero-order valence-electron chi connectivity index (χ0n) is 12.7. The second-order valence-electron chi connectivity index (χ2n) is 4.98. The number of rotatable bonds is 5. The lowest BCUT2D eigenvalue weighted by Crippen LogP contribution is -2.12. The normalized spacial score (nSPS) is 10.2. The Bertz CT molecular complexity index is 803. The van der Waals surface area contributed by atoms with Crippen LogP contribution in [0.2, 0.25) is 0 Å². The molecule has 120 valence electrons. The average Bonchev–Trinajstić information content (AvgIpc) is 2.64. The number of carbonyl (C=O) groups is 1. The highest BCUT2D eigenvalue weighted by molar-refractivity contribution is 6.03. The van der Waals surface area contributed by atoms with Crippen LogP contribution in [-0.2, 0) is 6.61 Å². The Kier molecular flexibility index (Phi) is 4.78. The van der Waals surface area contributed by atoms with Crippen LogP contribution in [0.15, 0.2) is 67.0 Å². The molecule has 0 aliphatic carbocycles. The number of hydrogen-bond acceptors (Lipinski definition) is 5. The van der Waals surface area contributed by atoms with Crippen molar-refractivity contribution in [3.8, 4) is 11.8 Å². The molecule has 0 aliphatic heterocycles. The van der Waals surface area contributed by atoms with Crippen LogP contribution in [0.5, 0.6) is 11.8 Å². The van der Waals surface area contributed by atoms with Gasteiger partial charge in [0.2, 0.25) is 0 Å². The fourth-order valence-electron chi connectivity index (χ4n) is 1.98. The number of carbonyl (C=O) groups excluding carboxylic acids is 1. The molecule has 1 heterocycles. The van der Waals surface area contributed by atoms with Gasteiger partial charge in [-0.1, -0.05) is 30.3 Å². The Hall–Kier alpha value is -3.25. The van der Waals surface area contributed by atoms with Gasteiger partial charge in [-0.05, 0) is 29.8 Å². The van der Waals surface area contributed by atoms with Gasteiger partial charge in [-0.25, -0.2) is 9.97 Å². The molecule has 0 radical (unpaired) electrons. The lowest BCUT2D eigenvalue weighted by molar-refractivity contribution is 0.102. The van der Waals surface area contributed by atoms with Gasteiger partial charge in [0.1, 0.15) is 5.75 Å². The number of ether oxygens (including phenoxy) is 1. The highest BCUT2D eigenvalue weighted by atomic mass is 16.5. The number of aliphatic hydroxyl groups is 1. The minimum absolute atomic E-state index is 0.0368. The van der Waals surface area contributed by atoms with E-state index < -0.39 is 0 Å². The Morgan fingerprint density at radius 2 is 1.67 bits per heavy atom. The predicted molar refractivity (Wildman–Crippen MR) is 88.9 cm³/mol. The Balaban J connectivity index is 1.64. The van der Waals surface area contributed by atoms with Crippen LogP contribution in [-0.4, -0.2) is 21.0 Å². The number of para-hydroxylation sites is 1. The number of anilines is 1. The molecule has 0 saturated heterocycles. The number of hydrogen-bond donors (Lipinski definition) is 2. The third-order valence-electron chi connectivity index (χ3n) is 3.24. The minimum Gasteiger partial charge on any atom is -0.424 e. The van der Waals surface area contributed by atoms with E-state index in [1.807, 2.05) is 18.2 Å². The van der Waals surface area contributed by atoms with Crippen molar-refractivity contribution in [2.24, 2.45) is 0 Å². The molecule has 3 rings (SSSR count). The summed E-state index contributed by atoms with van der Waals surface area (Å²) in [7, 11) is 0. The van der Waals surface area contributed by atoms with Crippen molar-refractivity contribution in [1.29, 1.82) is 0 Å². The molecular weight excluding hydrogens is 306 g/mol. The lowest BCUT2D eigenvalue weighted by Gasteiger charge is -2.06. The van der Waals surface area contributed by atoms with Crippen LogP contribution in [0.25, 0.3) is 0 Å². The smallest absolute Gasteiger partial charge is 0.321 e. The van der Waals surface area contributed by atoms with E-state index >= 15 is 0 Å². The number of amides is 1. The maximum absolute atomic E-state index is 12.2. The molecule has 0 aliphatic rings. The summed E-state index contributed by atoms with van der Waals surface area (Å²) in [6.45, 7) is -0.0368. The second-order valence-corrected chi connectivity index (χ2v) is 4.98. The summed E-state index contributed by atoms with van der Waals surface area (Å²) in [6, 6.07) is 16.2. The number of aromatic nitrogens is 2. The molecule has 24 heavy (non-hydrogen) atoms. The molecule has 3 aromatic rings. The predicted octanol–water partition coefficient (Wildman–Crippen LogP) is 3.01. The average molecular weight is 321 g/mol. The zero-order chi connectivity index (χ0) is 16.8. The summed E-state index contributed by atoms with van der Waals surface area (Å²) < 4.78 is 5.48. The van der Waals surface area contributed by atoms with E-state index in [-0.39, 0.29) is 18.5 Å². The van der Waals surface area contributed by atoms with Crippen molar-refractivity contribution in [2.45, 2.75) is 6.61 Å². The van der Waals surface area contributed by atoms with Gasteiger partial charge >= 0.3 is 6.01 Å². The largest absolute Gasteiger partial charge is 0.424 e. The Morgan fingerprint density at radius 3 is 2.29 bits per heavy atom. The van der Waals surface area contributed by atoms with Gasteiger partial charge < -0.3 is 15.2 Å². The standard InChI is InChI=1S/C18H15N3O3/c22-12-13-6-8-15(9-7-13)21-17(23)14-10-19-18(20-11-14)24-16-4-2-1-3-5-16/h1-11,22H,12H2,(H,21,23). The topological polar surface area (TPSA) is 84.3 Å². The summed E-state index contributed by atoms with van der Waals surface area (Å²) in [5.74, 6) is 0.302. The Labute approximate surface area is 138 Å². The molecule has 2 aromatic carbocycles. The summed E-state index contributed by atoms with van der Waals surface area (Å²) in [5.41, 5.74) is 1.72. The van der Waals surface area contributed by atoms with Crippen LogP contribution in [0.3, 0.4) is 0 Å². The highest BCUT2D eigenvalue weighted by Crippen LogP contribution is 2.16. The van der Waals surface area contributed by atoms with Crippen molar-refractivity contribution in [3.63, 3.8) is 0 Å². The molecule has 6 nitrogen and oxygen atoms in total. The van der Waals surface area contributed by atoms with Crippen LogP contribution < -0.4 is 10.1 Å². The molecule has 1 amide bonds. The number of aliphatic hydroxyl groups excluding tert-OH is 1. The van der Waals surface area contributed by atoms with Gasteiger partial charge in [-0.15, -0.1) is 0 Å². The monoisotopic (exact) mass is 321 g/mol. The van der Waals surface area contributed by atoms with Crippen molar-refractivity contribution in [3.05, 3.63) is 78.1 Å². The van der Waals surface area contributed by atoms with Crippen molar-refractivity contribution in [2.75, 3.05) is 5.32 Å². The zero-order valence-corrected chi connectivity index (χ0v) is 12.7. The summed E-state index contributed by atoms with van der Waals surface area (Å²) in [4.78, 5) is 20.2. The van der Waals surface area contributed by atoms with E-state index in [4.69, 9.17) is 9.84 Å². The molecule has 0 atom stereocenters. The molecule has 0 saturated carbocycles. The minimum atomic E-state index is -0.321. The SMILES string of the molecule is O=C(Nc1ccc(CO)cc1)c1cnc(Oc2ccccc2)nc1. The van der Waals surface area contributed by atoms with Gasteiger partial charge in [0, 0.05) is 18.1 Å². The Morgan fingerprint density at radius 1 is 1.00 bits per heavy atom. The van der Waals surface area contributed by atoms with Crippen LogP contribution in [0, 0.1) is 0 Å². The quantitative estimate of drug-likeness (QED) is 0.754. The van der Waals surface area contributed by atoms with E-state index in [9.17, 15) is 4.79 Å². The van der Waals surface area contributed by atoms with E-state index in [2.05, 4.69) is 15.3 Å². The molecule has 6 heteroatoms. The third kappa shape index (κ3) is 3.93. The van der Waals surface area contributed by atoms with Crippen molar-refractivity contribution in [1.82, 2.24) is 9.97 Å². The molecule has 0 unspecified atom stereocenters. The van der Waals surface area contributed by atoms with Crippen LogP contribution >= 0.6 is 0 Å².